The molecule has 1 amide bonds. The lowest BCUT2D eigenvalue weighted by Crippen LogP contribution is -2.35. The minimum atomic E-state index is -0.290. The Morgan fingerprint density at radius 1 is 1.16 bits per heavy atom. The average Bonchev–Trinajstić information content (AvgIpc) is 3.16. The Morgan fingerprint density at radius 3 is 2.72 bits per heavy atom. The molecule has 0 unspecified atom stereocenters. The third-order valence-electron chi connectivity index (χ3n) is 4.55. The molecule has 0 radical (unpaired) electrons. The van der Waals surface area contributed by atoms with E-state index < -0.39 is 0 Å². The minimum absolute atomic E-state index is 0.0695. The van der Waals surface area contributed by atoms with Crippen LogP contribution in [0.2, 0.25) is 0 Å². The normalized spacial score (nSPS) is 20.4. The zero-order valence-corrected chi connectivity index (χ0v) is 14.3. The van der Waals surface area contributed by atoms with Crippen LogP contribution in [-0.4, -0.2) is 37.8 Å². The molecule has 1 aliphatic heterocycles. The lowest BCUT2D eigenvalue weighted by molar-refractivity contribution is -0.117. The molecule has 7 nitrogen and oxygen atoms in total. The number of rotatable bonds is 4. The van der Waals surface area contributed by atoms with E-state index in [9.17, 15) is 4.79 Å². The largest absolute Gasteiger partial charge is 0.357 e. The summed E-state index contributed by atoms with van der Waals surface area (Å²) in [6, 6.07) is 13.3. The lowest BCUT2D eigenvalue weighted by atomic mass is 10.2. The number of anilines is 2. The van der Waals surface area contributed by atoms with Gasteiger partial charge in [-0.25, -0.2) is 0 Å². The van der Waals surface area contributed by atoms with Crippen molar-refractivity contribution >= 4 is 23.1 Å². The number of aromatic nitrogens is 4. The van der Waals surface area contributed by atoms with Crippen LogP contribution in [-0.2, 0) is 11.2 Å². The lowest BCUT2D eigenvalue weighted by Gasteiger charge is -2.21. The van der Waals surface area contributed by atoms with Crippen molar-refractivity contribution in [3.63, 3.8) is 0 Å². The van der Waals surface area contributed by atoms with Gasteiger partial charge in [-0.15, -0.1) is 15.3 Å². The molecule has 1 aliphatic rings. The summed E-state index contributed by atoms with van der Waals surface area (Å²) in [4.78, 5) is 14.7. The molecule has 0 bridgehead atoms. The van der Waals surface area contributed by atoms with E-state index >= 15 is 0 Å². The van der Waals surface area contributed by atoms with Gasteiger partial charge in [0.15, 0.2) is 11.5 Å². The second-order valence-electron chi connectivity index (χ2n) is 6.28. The number of amides is 1. The molecule has 3 heterocycles. The van der Waals surface area contributed by atoms with Crippen LogP contribution in [0.1, 0.15) is 26.1 Å². The molecule has 2 atom stereocenters. The highest BCUT2D eigenvalue weighted by Gasteiger charge is 2.38. The molecule has 1 saturated heterocycles. The third-order valence-corrected chi connectivity index (χ3v) is 4.55. The molecule has 1 N–H and O–H groups in total. The molecular weight excluding hydrogens is 316 g/mol. The number of carbonyl (C=O) groups excluding carboxylic acids is 1. The van der Waals surface area contributed by atoms with Crippen molar-refractivity contribution in [1.29, 1.82) is 0 Å². The fraction of sp³-hybridized carbons (Fsp3) is 0.333. The third kappa shape index (κ3) is 2.71. The van der Waals surface area contributed by atoms with Gasteiger partial charge in [0.05, 0.1) is 0 Å². The predicted octanol–water partition coefficient (Wildman–Crippen LogP) is 2.29. The van der Waals surface area contributed by atoms with Crippen molar-refractivity contribution in [1.82, 2.24) is 19.8 Å². The van der Waals surface area contributed by atoms with Crippen LogP contribution in [0.25, 0.3) is 5.65 Å². The molecule has 1 aromatic carbocycles. The van der Waals surface area contributed by atoms with Crippen LogP contribution >= 0.6 is 0 Å². The second-order valence-corrected chi connectivity index (χ2v) is 6.28. The molecule has 128 valence electrons. The van der Waals surface area contributed by atoms with Crippen molar-refractivity contribution in [2.45, 2.75) is 38.8 Å². The first-order valence-electron chi connectivity index (χ1n) is 8.53. The van der Waals surface area contributed by atoms with Crippen molar-refractivity contribution in [2.24, 2.45) is 0 Å². The highest BCUT2D eigenvalue weighted by atomic mass is 16.2. The monoisotopic (exact) mass is 336 g/mol. The number of aryl methyl sites for hydroxylation is 1. The highest BCUT2D eigenvalue weighted by Crippen LogP contribution is 2.28. The van der Waals surface area contributed by atoms with Gasteiger partial charge in [-0.3, -0.25) is 4.79 Å². The fourth-order valence-electron chi connectivity index (χ4n) is 3.33. The molecule has 25 heavy (non-hydrogen) atoms. The zero-order chi connectivity index (χ0) is 17.4. The Kier molecular flexibility index (Phi) is 3.83. The van der Waals surface area contributed by atoms with Crippen molar-refractivity contribution < 1.29 is 4.79 Å². The van der Waals surface area contributed by atoms with Gasteiger partial charge in [0.2, 0.25) is 5.91 Å². The van der Waals surface area contributed by atoms with Crippen LogP contribution in [0, 0.1) is 0 Å². The first kappa shape index (κ1) is 15.6. The van der Waals surface area contributed by atoms with Crippen LogP contribution < -0.4 is 10.2 Å². The Bertz CT molecular complexity index is 906. The van der Waals surface area contributed by atoms with E-state index in [2.05, 4.69) is 27.5 Å². The van der Waals surface area contributed by atoms with Gasteiger partial charge in [-0.2, -0.15) is 4.52 Å². The molecule has 1 fully saturated rings. The molecule has 0 aliphatic carbocycles. The molecule has 4 rings (SSSR count). The number of nitrogens with one attached hydrogen (secondary N) is 1. The molecule has 0 saturated carbocycles. The molecule has 3 aromatic rings. The topological polar surface area (TPSA) is 75.4 Å². The molecular formula is C18H20N6O. The predicted molar refractivity (Wildman–Crippen MR) is 95.6 cm³/mol. The molecule has 7 heteroatoms. The van der Waals surface area contributed by atoms with E-state index in [1.165, 1.54) is 0 Å². The number of hydrogen-bond acceptors (Lipinski definition) is 5. The quantitative estimate of drug-likeness (QED) is 0.791. The van der Waals surface area contributed by atoms with Crippen molar-refractivity contribution in [3.05, 3.63) is 48.3 Å². The number of nitrogens with zero attached hydrogens (tertiary/aromatic N) is 5. The van der Waals surface area contributed by atoms with E-state index in [1.54, 1.807) is 4.52 Å². The summed E-state index contributed by atoms with van der Waals surface area (Å²) in [7, 11) is 0. The van der Waals surface area contributed by atoms with Gasteiger partial charge in [-0.1, -0.05) is 25.1 Å². The highest BCUT2D eigenvalue weighted by molar-refractivity contribution is 6.01. The fourth-order valence-corrected chi connectivity index (χ4v) is 3.33. The summed E-state index contributed by atoms with van der Waals surface area (Å²) >= 11 is 0. The van der Waals surface area contributed by atoms with E-state index in [4.69, 9.17) is 0 Å². The molecule has 2 aromatic heterocycles. The Morgan fingerprint density at radius 2 is 1.96 bits per heavy atom. The SMILES string of the molecule is CCc1nnc2ccc(N[C@H]3C[C@H](C)N(c4ccccc4)C3=O)nn12. The maximum absolute atomic E-state index is 12.9. The van der Waals surface area contributed by atoms with Gasteiger partial charge in [0, 0.05) is 18.2 Å². The maximum Gasteiger partial charge on any atom is 0.249 e. The summed E-state index contributed by atoms with van der Waals surface area (Å²) in [6.45, 7) is 4.08. The summed E-state index contributed by atoms with van der Waals surface area (Å²) in [5.41, 5.74) is 1.64. The zero-order valence-electron chi connectivity index (χ0n) is 14.3. The Hall–Kier alpha value is -2.96. The average molecular weight is 336 g/mol. The van der Waals surface area contributed by atoms with E-state index in [0.717, 1.165) is 24.4 Å². The number of benzene rings is 1. The van der Waals surface area contributed by atoms with Gasteiger partial charge in [0.1, 0.15) is 11.9 Å². The first-order valence-corrected chi connectivity index (χ1v) is 8.53. The standard InChI is InChI=1S/C18H20N6O/c1-3-16-20-21-17-10-9-15(22-24(16)17)19-14-11-12(2)23(18(14)25)13-7-5-4-6-8-13/h4-10,12,14H,3,11H2,1-2H3,(H,19,22)/t12-,14-/m0/s1. The molecule has 0 spiro atoms. The van der Waals surface area contributed by atoms with E-state index in [1.807, 2.05) is 54.3 Å². The number of para-hydroxylation sites is 1. The summed E-state index contributed by atoms with van der Waals surface area (Å²) < 4.78 is 1.72. The van der Waals surface area contributed by atoms with Gasteiger partial charge < -0.3 is 10.2 Å². The van der Waals surface area contributed by atoms with Crippen molar-refractivity contribution in [2.75, 3.05) is 10.2 Å². The smallest absolute Gasteiger partial charge is 0.249 e. The van der Waals surface area contributed by atoms with Gasteiger partial charge in [0.25, 0.3) is 0 Å². The first-order chi connectivity index (χ1) is 12.2. The van der Waals surface area contributed by atoms with Gasteiger partial charge in [-0.05, 0) is 37.6 Å². The van der Waals surface area contributed by atoms with E-state index in [0.29, 0.717) is 11.5 Å². The van der Waals surface area contributed by atoms with Gasteiger partial charge >= 0.3 is 0 Å². The van der Waals surface area contributed by atoms with Crippen LogP contribution in [0.3, 0.4) is 0 Å². The number of hydrogen-bond donors (Lipinski definition) is 1. The van der Waals surface area contributed by atoms with Crippen LogP contribution in [0.15, 0.2) is 42.5 Å². The summed E-state index contributed by atoms with van der Waals surface area (Å²) in [5.74, 6) is 1.53. The minimum Gasteiger partial charge on any atom is -0.357 e. The Balaban J connectivity index is 1.58. The summed E-state index contributed by atoms with van der Waals surface area (Å²) in [6.07, 6.45) is 1.48. The van der Waals surface area contributed by atoms with Crippen LogP contribution in [0.5, 0.6) is 0 Å². The van der Waals surface area contributed by atoms with Crippen molar-refractivity contribution in [3.8, 4) is 0 Å². The van der Waals surface area contributed by atoms with Crippen LogP contribution in [0.4, 0.5) is 11.5 Å². The Labute approximate surface area is 145 Å². The number of fused-ring (bicyclic) bond motifs is 1. The number of carbonyl (C=O) groups is 1. The summed E-state index contributed by atoms with van der Waals surface area (Å²) in [5, 5.41) is 16.0. The van der Waals surface area contributed by atoms with E-state index in [-0.39, 0.29) is 18.0 Å². The maximum atomic E-state index is 12.9. The second kappa shape index (κ2) is 6.16.